The quantitative estimate of drug-likeness (QED) is 0.522. The number of carboxylic acid groups (broad SMARTS) is 1. The number of thiocarbonyl (C=S) groups is 1. The molecule has 0 radical (unpaired) electrons. The van der Waals surface area contributed by atoms with E-state index in [1.807, 2.05) is 18.2 Å². The minimum Gasteiger partial charge on any atom is -0.479 e. The third-order valence-corrected chi connectivity index (χ3v) is 5.58. The van der Waals surface area contributed by atoms with E-state index in [0.717, 1.165) is 22.2 Å². The standard InChI is InChI=1S/C20H13N3O3S2/c24-18-15(11-13-7-4-8-14-16(13)22-10-9-21-14)28-20(27)23(18)17(19(25)26)12-5-2-1-3-6-12/h1-11,17H,(H,25,26)/b15-11-/t17-/m1/s1. The molecule has 138 valence electrons. The Hall–Kier alpha value is -3.10. The molecule has 2 aromatic carbocycles. The third kappa shape index (κ3) is 3.28. The number of carbonyl (C=O) groups is 2. The predicted octanol–water partition coefficient (Wildman–Crippen LogP) is 3.66. The molecule has 1 amide bonds. The highest BCUT2D eigenvalue weighted by atomic mass is 32.2. The van der Waals surface area contributed by atoms with Gasteiger partial charge in [-0.25, -0.2) is 4.79 Å². The summed E-state index contributed by atoms with van der Waals surface area (Å²) >= 11 is 6.42. The van der Waals surface area contributed by atoms with Gasteiger partial charge >= 0.3 is 5.97 Å². The number of hydrogen-bond acceptors (Lipinski definition) is 6. The molecule has 1 aromatic heterocycles. The van der Waals surface area contributed by atoms with Crippen molar-refractivity contribution >= 4 is 57.3 Å². The molecule has 1 aliphatic rings. The van der Waals surface area contributed by atoms with E-state index >= 15 is 0 Å². The summed E-state index contributed by atoms with van der Waals surface area (Å²) in [6.07, 6.45) is 4.86. The van der Waals surface area contributed by atoms with Crippen LogP contribution in [-0.4, -0.2) is 36.2 Å². The summed E-state index contributed by atoms with van der Waals surface area (Å²) in [5.41, 5.74) is 2.58. The zero-order valence-corrected chi connectivity index (χ0v) is 16.0. The number of fused-ring (bicyclic) bond motifs is 1. The fraction of sp³-hybridized carbons (Fsp3) is 0.0500. The first-order valence-electron chi connectivity index (χ1n) is 8.31. The van der Waals surface area contributed by atoms with Crippen LogP contribution in [0.1, 0.15) is 17.2 Å². The maximum Gasteiger partial charge on any atom is 0.331 e. The SMILES string of the molecule is O=C(O)[C@@H](c1ccccc1)N1C(=O)/C(=C/c2cccc3nccnc23)SC1=S. The fourth-order valence-electron chi connectivity index (χ4n) is 3.01. The third-order valence-electron chi connectivity index (χ3n) is 4.25. The van der Waals surface area contributed by atoms with Gasteiger partial charge in [-0.1, -0.05) is 66.4 Å². The number of amides is 1. The summed E-state index contributed by atoms with van der Waals surface area (Å²) in [6.45, 7) is 0. The van der Waals surface area contributed by atoms with Crippen LogP contribution in [-0.2, 0) is 9.59 Å². The smallest absolute Gasteiger partial charge is 0.331 e. The van der Waals surface area contributed by atoms with Crippen LogP contribution in [0.2, 0.25) is 0 Å². The van der Waals surface area contributed by atoms with Gasteiger partial charge in [-0.2, -0.15) is 0 Å². The number of hydrogen-bond donors (Lipinski definition) is 1. The summed E-state index contributed by atoms with van der Waals surface area (Å²) in [5, 5.41) is 9.74. The van der Waals surface area contributed by atoms with Gasteiger partial charge < -0.3 is 5.11 Å². The number of carbonyl (C=O) groups excluding carboxylic acids is 1. The lowest BCUT2D eigenvalue weighted by molar-refractivity contribution is -0.145. The molecule has 4 rings (SSSR count). The van der Waals surface area contributed by atoms with Crippen LogP contribution in [0.3, 0.4) is 0 Å². The van der Waals surface area contributed by atoms with Crippen molar-refractivity contribution in [3.63, 3.8) is 0 Å². The second-order valence-corrected chi connectivity index (χ2v) is 7.65. The van der Waals surface area contributed by atoms with Crippen LogP contribution < -0.4 is 0 Å². The summed E-state index contributed by atoms with van der Waals surface area (Å²) in [5.74, 6) is -1.58. The lowest BCUT2D eigenvalue weighted by atomic mass is 10.1. The molecule has 0 unspecified atom stereocenters. The molecule has 1 saturated heterocycles. The van der Waals surface area contributed by atoms with Gasteiger partial charge in [0, 0.05) is 18.0 Å². The second-order valence-electron chi connectivity index (χ2n) is 5.97. The number of aliphatic carboxylic acids is 1. The Morgan fingerprint density at radius 1 is 1.11 bits per heavy atom. The van der Waals surface area contributed by atoms with E-state index in [4.69, 9.17) is 12.2 Å². The average Bonchev–Trinajstić information content (AvgIpc) is 2.97. The van der Waals surface area contributed by atoms with Crippen molar-refractivity contribution in [1.82, 2.24) is 14.9 Å². The minimum absolute atomic E-state index is 0.207. The first-order valence-corrected chi connectivity index (χ1v) is 9.53. The maximum atomic E-state index is 13.0. The van der Waals surface area contributed by atoms with Crippen LogP contribution in [0.15, 0.2) is 65.8 Å². The number of thioether (sulfide) groups is 1. The molecule has 1 fully saturated rings. The van der Waals surface area contributed by atoms with Gasteiger partial charge in [-0.15, -0.1) is 0 Å². The van der Waals surface area contributed by atoms with Gasteiger partial charge in [-0.3, -0.25) is 19.7 Å². The Kier molecular flexibility index (Phi) is 4.89. The van der Waals surface area contributed by atoms with Gasteiger partial charge in [0.05, 0.1) is 15.9 Å². The number of rotatable bonds is 4. The van der Waals surface area contributed by atoms with E-state index in [1.165, 1.54) is 0 Å². The highest BCUT2D eigenvalue weighted by molar-refractivity contribution is 8.26. The molecule has 2 heterocycles. The number of carboxylic acids is 1. The van der Waals surface area contributed by atoms with E-state index in [-0.39, 0.29) is 4.32 Å². The number of aromatic nitrogens is 2. The van der Waals surface area contributed by atoms with Crippen molar-refractivity contribution < 1.29 is 14.7 Å². The summed E-state index contributed by atoms with van der Waals surface area (Å²) in [6, 6.07) is 12.9. The Labute approximate surface area is 169 Å². The molecule has 0 aliphatic carbocycles. The van der Waals surface area contributed by atoms with E-state index < -0.39 is 17.9 Å². The van der Waals surface area contributed by atoms with E-state index in [1.54, 1.807) is 48.8 Å². The van der Waals surface area contributed by atoms with Crippen LogP contribution in [0, 0.1) is 0 Å². The van der Waals surface area contributed by atoms with Crippen LogP contribution in [0.5, 0.6) is 0 Å². The first kappa shape index (κ1) is 18.3. The van der Waals surface area contributed by atoms with Crippen molar-refractivity contribution in [3.8, 4) is 0 Å². The maximum absolute atomic E-state index is 13.0. The Bertz CT molecular complexity index is 1130. The van der Waals surface area contributed by atoms with Crippen LogP contribution in [0.4, 0.5) is 0 Å². The zero-order chi connectivity index (χ0) is 19.7. The Morgan fingerprint density at radius 3 is 2.61 bits per heavy atom. The van der Waals surface area contributed by atoms with Crippen molar-refractivity contribution in [2.75, 3.05) is 0 Å². The largest absolute Gasteiger partial charge is 0.479 e. The molecule has 1 atom stereocenters. The molecule has 6 nitrogen and oxygen atoms in total. The monoisotopic (exact) mass is 407 g/mol. The molecule has 8 heteroatoms. The van der Waals surface area contributed by atoms with E-state index in [9.17, 15) is 14.7 Å². The molecular formula is C20H13N3O3S2. The molecule has 0 saturated carbocycles. The van der Waals surface area contributed by atoms with Crippen molar-refractivity contribution in [3.05, 3.63) is 77.0 Å². The Balaban J connectivity index is 1.74. The van der Waals surface area contributed by atoms with Crippen molar-refractivity contribution in [2.24, 2.45) is 0 Å². The van der Waals surface area contributed by atoms with Gasteiger partial charge in [0.2, 0.25) is 0 Å². The van der Waals surface area contributed by atoms with Gasteiger partial charge in [-0.05, 0) is 17.7 Å². The molecule has 1 aliphatic heterocycles. The Morgan fingerprint density at radius 2 is 1.86 bits per heavy atom. The van der Waals surface area contributed by atoms with Gasteiger partial charge in [0.15, 0.2) is 6.04 Å². The molecular weight excluding hydrogens is 394 g/mol. The highest BCUT2D eigenvalue weighted by Crippen LogP contribution is 2.38. The molecule has 0 spiro atoms. The highest BCUT2D eigenvalue weighted by Gasteiger charge is 2.41. The van der Waals surface area contributed by atoms with Crippen molar-refractivity contribution in [2.45, 2.75) is 6.04 Å². The summed E-state index contributed by atoms with van der Waals surface area (Å²) < 4.78 is 0.207. The lowest BCUT2D eigenvalue weighted by Crippen LogP contribution is -2.37. The zero-order valence-electron chi connectivity index (χ0n) is 14.4. The fourth-order valence-corrected chi connectivity index (χ4v) is 4.32. The minimum atomic E-state index is -1.17. The van der Waals surface area contributed by atoms with Crippen molar-refractivity contribution in [1.29, 1.82) is 0 Å². The van der Waals surface area contributed by atoms with Crippen LogP contribution in [0.25, 0.3) is 17.1 Å². The molecule has 0 bridgehead atoms. The van der Waals surface area contributed by atoms with Gasteiger partial charge in [0.25, 0.3) is 5.91 Å². The van der Waals surface area contributed by atoms with E-state index in [2.05, 4.69) is 9.97 Å². The average molecular weight is 407 g/mol. The summed E-state index contributed by atoms with van der Waals surface area (Å²) in [7, 11) is 0. The normalized spacial score (nSPS) is 16.7. The molecule has 28 heavy (non-hydrogen) atoms. The molecule has 3 aromatic rings. The predicted molar refractivity (Wildman–Crippen MR) is 111 cm³/mol. The van der Waals surface area contributed by atoms with Crippen LogP contribution >= 0.6 is 24.0 Å². The number of para-hydroxylation sites is 1. The van der Waals surface area contributed by atoms with Gasteiger partial charge in [0.1, 0.15) is 4.32 Å². The van der Waals surface area contributed by atoms with E-state index in [0.29, 0.717) is 21.5 Å². The number of benzene rings is 2. The lowest BCUT2D eigenvalue weighted by Gasteiger charge is -2.23. The summed E-state index contributed by atoms with van der Waals surface area (Å²) in [4.78, 5) is 35.0. The number of nitrogens with zero attached hydrogens (tertiary/aromatic N) is 3. The first-order chi connectivity index (χ1) is 13.6. The molecule has 1 N–H and O–H groups in total. The topological polar surface area (TPSA) is 83.4 Å². The second kappa shape index (κ2) is 7.49.